The molecule has 1 aromatic carbocycles. The summed E-state index contributed by atoms with van der Waals surface area (Å²) in [6, 6.07) is 3.48. The van der Waals surface area contributed by atoms with Crippen molar-refractivity contribution < 1.29 is 9.53 Å². The van der Waals surface area contributed by atoms with E-state index in [1.54, 1.807) is 0 Å². The molecule has 1 unspecified atom stereocenters. The highest BCUT2D eigenvalue weighted by atomic mass is 35.5. The summed E-state index contributed by atoms with van der Waals surface area (Å²) < 4.78 is 5.36. The van der Waals surface area contributed by atoms with E-state index >= 15 is 0 Å². The molecule has 2 rings (SSSR count). The molecular formula is C15H22ClN3O2. The normalized spacial score (nSPS) is 16.8. The van der Waals surface area contributed by atoms with Gasteiger partial charge in [-0.05, 0) is 25.6 Å². The van der Waals surface area contributed by atoms with E-state index in [0.717, 1.165) is 30.0 Å². The Morgan fingerprint density at radius 2 is 2.19 bits per heavy atom. The molecule has 1 aromatic rings. The highest BCUT2D eigenvalue weighted by molar-refractivity contribution is 6.33. The molecule has 0 aromatic heterocycles. The zero-order chi connectivity index (χ0) is 15.4. The minimum atomic E-state index is -0.315. The fourth-order valence-electron chi connectivity index (χ4n) is 2.44. The Kier molecular flexibility index (Phi) is 5.45. The third kappa shape index (κ3) is 3.48. The SMILES string of the molecule is CCNC1C(=O)Nc2cc(N(C)CCOCC)c(Cl)cc21. The number of nitrogens with one attached hydrogen (secondary N) is 2. The van der Waals surface area contributed by atoms with Crippen molar-refractivity contribution in [3.05, 3.63) is 22.7 Å². The molecule has 0 spiro atoms. The quantitative estimate of drug-likeness (QED) is 0.759. The number of amides is 1. The van der Waals surface area contributed by atoms with Crippen molar-refractivity contribution in [1.29, 1.82) is 0 Å². The maximum Gasteiger partial charge on any atom is 0.246 e. The molecule has 1 heterocycles. The highest BCUT2D eigenvalue weighted by Gasteiger charge is 2.31. The van der Waals surface area contributed by atoms with Crippen molar-refractivity contribution in [2.45, 2.75) is 19.9 Å². The van der Waals surface area contributed by atoms with Crippen molar-refractivity contribution in [2.24, 2.45) is 0 Å². The number of halogens is 1. The first kappa shape index (κ1) is 16.1. The third-order valence-corrected chi connectivity index (χ3v) is 3.85. The van der Waals surface area contributed by atoms with Crippen LogP contribution in [0.2, 0.25) is 5.02 Å². The summed E-state index contributed by atoms with van der Waals surface area (Å²) in [6.07, 6.45) is 0. The minimum Gasteiger partial charge on any atom is -0.380 e. The number of carbonyl (C=O) groups is 1. The van der Waals surface area contributed by atoms with Gasteiger partial charge in [-0.3, -0.25) is 4.79 Å². The second kappa shape index (κ2) is 7.11. The van der Waals surface area contributed by atoms with Gasteiger partial charge in [-0.2, -0.15) is 0 Å². The van der Waals surface area contributed by atoms with E-state index in [1.807, 2.05) is 37.9 Å². The molecule has 0 saturated carbocycles. The second-order valence-corrected chi connectivity index (χ2v) is 5.40. The molecular weight excluding hydrogens is 290 g/mol. The van der Waals surface area contributed by atoms with E-state index in [0.29, 0.717) is 18.2 Å². The van der Waals surface area contributed by atoms with Gasteiger partial charge >= 0.3 is 0 Å². The van der Waals surface area contributed by atoms with Crippen molar-refractivity contribution >= 4 is 28.9 Å². The summed E-state index contributed by atoms with van der Waals surface area (Å²) in [7, 11) is 1.96. The van der Waals surface area contributed by atoms with Crippen LogP contribution in [0.1, 0.15) is 25.5 Å². The Balaban J connectivity index is 2.20. The Morgan fingerprint density at radius 1 is 1.43 bits per heavy atom. The molecule has 116 valence electrons. The molecule has 21 heavy (non-hydrogen) atoms. The summed E-state index contributed by atoms with van der Waals surface area (Å²) >= 11 is 6.38. The van der Waals surface area contributed by atoms with E-state index in [4.69, 9.17) is 16.3 Å². The third-order valence-electron chi connectivity index (χ3n) is 3.54. The van der Waals surface area contributed by atoms with Crippen LogP contribution in [0, 0.1) is 0 Å². The fraction of sp³-hybridized carbons (Fsp3) is 0.533. The van der Waals surface area contributed by atoms with Crippen LogP contribution in [0.3, 0.4) is 0 Å². The van der Waals surface area contributed by atoms with Gasteiger partial charge in [0.2, 0.25) is 5.91 Å². The lowest BCUT2D eigenvalue weighted by Crippen LogP contribution is -2.27. The number of rotatable bonds is 7. The molecule has 0 fully saturated rings. The lowest BCUT2D eigenvalue weighted by molar-refractivity contribution is -0.117. The molecule has 5 nitrogen and oxygen atoms in total. The Labute approximate surface area is 130 Å². The Bertz CT molecular complexity index is 522. The first-order chi connectivity index (χ1) is 10.1. The molecule has 0 bridgehead atoms. The van der Waals surface area contributed by atoms with Crippen molar-refractivity contribution in [3.63, 3.8) is 0 Å². The average Bonchev–Trinajstić information content (AvgIpc) is 2.74. The zero-order valence-electron chi connectivity index (χ0n) is 12.7. The van der Waals surface area contributed by atoms with Crippen LogP contribution < -0.4 is 15.5 Å². The van der Waals surface area contributed by atoms with Crippen molar-refractivity contribution in [1.82, 2.24) is 5.32 Å². The summed E-state index contributed by atoms with van der Waals surface area (Å²) in [5.74, 6) is -0.0305. The van der Waals surface area contributed by atoms with Gasteiger partial charge in [0.15, 0.2) is 0 Å². The molecule has 2 N–H and O–H groups in total. The molecule has 1 aliphatic heterocycles. The summed E-state index contributed by atoms with van der Waals surface area (Å²) in [6.45, 7) is 6.77. The maximum atomic E-state index is 12.0. The molecule has 1 aliphatic rings. The monoisotopic (exact) mass is 311 g/mol. The fourth-order valence-corrected chi connectivity index (χ4v) is 2.75. The highest BCUT2D eigenvalue weighted by Crippen LogP contribution is 2.38. The van der Waals surface area contributed by atoms with Crippen LogP contribution in [0.25, 0.3) is 0 Å². The first-order valence-corrected chi connectivity index (χ1v) is 7.62. The van der Waals surface area contributed by atoms with Crippen molar-refractivity contribution in [2.75, 3.05) is 43.6 Å². The van der Waals surface area contributed by atoms with E-state index in [2.05, 4.69) is 10.6 Å². The largest absolute Gasteiger partial charge is 0.380 e. The number of fused-ring (bicyclic) bond motifs is 1. The van der Waals surface area contributed by atoms with Gasteiger partial charge in [-0.1, -0.05) is 18.5 Å². The number of hydrogen-bond donors (Lipinski definition) is 2. The maximum absolute atomic E-state index is 12.0. The van der Waals surface area contributed by atoms with Gasteiger partial charge in [-0.15, -0.1) is 0 Å². The second-order valence-electron chi connectivity index (χ2n) is 4.99. The number of benzene rings is 1. The molecule has 0 aliphatic carbocycles. The van der Waals surface area contributed by atoms with Crippen LogP contribution >= 0.6 is 11.6 Å². The predicted molar refractivity (Wildman–Crippen MR) is 86.3 cm³/mol. The number of nitrogens with zero attached hydrogens (tertiary/aromatic N) is 1. The number of ether oxygens (including phenoxy) is 1. The number of likely N-dealkylation sites (N-methyl/N-ethyl adjacent to an activating group) is 2. The number of carbonyl (C=O) groups excluding carboxylic acids is 1. The number of anilines is 2. The molecule has 6 heteroatoms. The Hall–Kier alpha value is -1.30. The molecule has 0 saturated heterocycles. The van der Waals surface area contributed by atoms with E-state index < -0.39 is 0 Å². The van der Waals surface area contributed by atoms with E-state index in [1.165, 1.54) is 0 Å². The first-order valence-electron chi connectivity index (χ1n) is 7.25. The van der Waals surface area contributed by atoms with E-state index in [-0.39, 0.29) is 11.9 Å². The molecule has 1 atom stereocenters. The van der Waals surface area contributed by atoms with Gasteiger partial charge in [0.1, 0.15) is 6.04 Å². The summed E-state index contributed by atoms with van der Waals surface area (Å²) in [5.41, 5.74) is 2.63. The van der Waals surface area contributed by atoms with Crippen LogP contribution in [0.5, 0.6) is 0 Å². The average molecular weight is 312 g/mol. The minimum absolute atomic E-state index is 0.0305. The van der Waals surface area contributed by atoms with Crippen LogP contribution in [0.4, 0.5) is 11.4 Å². The molecule has 1 amide bonds. The standard InChI is InChI=1S/C15H22ClN3O2/c1-4-17-14-10-8-11(16)13(9-12(10)18-15(14)20)19(3)6-7-21-5-2/h8-9,14,17H,4-7H2,1-3H3,(H,18,20). The summed E-state index contributed by atoms with van der Waals surface area (Å²) in [4.78, 5) is 14.0. The van der Waals surface area contributed by atoms with Gasteiger partial charge in [0.05, 0.1) is 17.3 Å². The lowest BCUT2D eigenvalue weighted by Gasteiger charge is -2.21. The van der Waals surface area contributed by atoms with Crippen LogP contribution in [-0.2, 0) is 9.53 Å². The number of hydrogen-bond acceptors (Lipinski definition) is 4. The van der Waals surface area contributed by atoms with Crippen LogP contribution in [-0.4, -0.2) is 39.3 Å². The predicted octanol–water partition coefficient (Wildman–Crippen LogP) is 2.42. The van der Waals surface area contributed by atoms with Crippen molar-refractivity contribution in [3.8, 4) is 0 Å². The Morgan fingerprint density at radius 3 is 2.86 bits per heavy atom. The lowest BCUT2D eigenvalue weighted by atomic mass is 10.1. The zero-order valence-corrected chi connectivity index (χ0v) is 13.5. The van der Waals surface area contributed by atoms with Gasteiger partial charge < -0.3 is 20.3 Å². The smallest absolute Gasteiger partial charge is 0.246 e. The van der Waals surface area contributed by atoms with Gasteiger partial charge in [0.25, 0.3) is 0 Å². The van der Waals surface area contributed by atoms with E-state index in [9.17, 15) is 4.79 Å². The van der Waals surface area contributed by atoms with Gasteiger partial charge in [-0.25, -0.2) is 0 Å². The summed E-state index contributed by atoms with van der Waals surface area (Å²) in [5, 5.41) is 6.71. The van der Waals surface area contributed by atoms with Crippen LogP contribution in [0.15, 0.2) is 12.1 Å². The topological polar surface area (TPSA) is 53.6 Å². The van der Waals surface area contributed by atoms with Gasteiger partial charge in [0, 0.05) is 31.5 Å². The molecule has 0 radical (unpaired) electrons.